The molecule has 0 aliphatic rings. The highest BCUT2D eigenvalue weighted by Gasteiger charge is 2.19. The molecular weight excluding hydrogens is 360 g/mol. The number of hydrogen-bond acceptors (Lipinski definition) is 1. The lowest BCUT2D eigenvalue weighted by atomic mass is 10.1. The molecule has 0 bridgehead atoms. The van der Waals surface area contributed by atoms with Crippen molar-refractivity contribution >= 4 is 23.0 Å². The monoisotopic (exact) mass is 388 g/mol. The molecule has 0 aliphatic heterocycles. The predicted octanol–water partition coefficient (Wildman–Crippen LogP) is 6.52. The number of anilines is 1. The molecule has 0 spiro atoms. The number of hydrogen-bond donors (Lipinski definition) is 1. The van der Waals surface area contributed by atoms with Crippen LogP contribution in [0.5, 0.6) is 0 Å². The van der Waals surface area contributed by atoms with Crippen molar-refractivity contribution in [2.24, 2.45) is 0 Å². The summed E-state index contributed by atoms with van der Waals surface area (Å²) in [4.78, 5) is 2.25. The molecule has 144 valence electrons. The summed E-state index contributed by atoms with van der Waals surface area (Å²) in [6.45, 7) is 7.24. The lowest BCUT2D eigenvalue weighted by Gasteiger charge is -2.32. The van der Waals surface area contributed by atoms with Crippen LogP contribution in [-0.4, -0.2) is 10.0 Å². The van der Waals surface area contributed by atoms with Crippen molar-refractivity contribution in [1.29, 1.82) is 0 Å². The molecule has 3 aromatic rings. The van der Waals surface area contributed by atoms with Crippen molar-refractivity contribution in [1.82, 2.24) is 4.90 Å². The van der Waals surface area contributed by atoms with Crippen LogP contribution in [0.25, 0.3) is 0 Å². The highest BCUT2D eigenvalue weighted by molar-refractivity contribution is 7.80. The Morgan fingerprint density at radius 3 is 2.11 bits per heavy atom. The van der Waals surface area contributed by atoms with Crippen LogP contribution in [0.3, 0.4) is 0 Å². The van der Waals surface area contributed by atoms with Gasteiger partial charge < -0.3 is 10.2 Å². The van der Waals surface area contributed by atoms with E-state index in [1.807, 2.05) is 6.07 Å². The van der Waals surface area contributed by atoms with Gasteiger partial charge in [-0.15, -0.1) is 0 Å². The number of nitrogens with zero attached hydrogens (tertiary/aromatic N) is 1. The molecule has 28 heavy (non-hydrogen) atoms. The smallest absolute Gasteiger partial charge is 0.174 e. The zero-order valence-electron chi connectivity index (χ0n) is 16.9. The van der Waals surface area contributed by atoms with Gasteiger partial charge in [0.15, 0.2) is 5.11 Å². The van der Waals surface area contributed by atoms with E-state index in [9.17, 15) is 0 Å². The van der Waals surface area contributed by atoms with E-state index in [1.165, 1.54) is 22.3 Å². The van der Waals surface area contributed by atoms with Crippen molar-refractivity contribution in [2.75, 3.05) is 5.32 Å². The lowest BCUT2D eigenvalue weighted by molar-refractivity contribution is 0.334. The summed E-state index contributed by atoms with van der Waals surface area (Å²) in [5.41, 5.74) is 6.11. The first-order valence-electron chi connectivity index (χ1n) is 9.84. The summed E-state index contributed by atoms with van der Waals surface area (Å²) >= 11 is 5.83. The average Bonchev–Trinajstić information content (AvgIpc) is 2.74. The second-order valence-corrected chi connectivity index (χ2v) is 7.57. The fourth-order valence-electron chi connectivity index (χ4n) is 3.21. The van der Waals surface area contributed by atoms with E-state index >= 15 is 0 Å². The fourth-order valence-corrected chi connectivity index (χ4v) is 3.55. The van der Waals surface area contributed by atoms with Gasteiger partial charge in [0, 0.05) is 12.2 Å². The summed E-state index contributed by atoms with van der Waals surface area (Å²) in [6.07, 6.45) is 1.04. The second kappa shape index (κ2) is 9.52. The van der Waals surface area contributed by atoms with Crippen molar-refractivity contribution in [3.8, 4) is 0 Å². The predicted molar refractivity (Wildman–Crippen MR) is 124 cm³/mol. The first-order chi connectivity index (χ1) is 13.6. The third-order valence-electron chi connectivity index (χ3n) is 5.10. The Morgan fingerprint density at radius 2 is 1.50 bits per heavy atom. The van der Waals surface area contributed by atoms with Gasteiger partial charge in [0.2, 0.25) is 0 Å². The normalized spacial score (nSPS) is 11.7. The number of thiocarbonyl (C=S) groups is 1. The quantitative estimate of drug-likeness (QED) is 0.484. The minimum atomic E-state index is 0.164. The third kappa shape index (κ3) is 5.20. The molecule has 3 heteroatoms. The van der Waals surface area contributed by atoms with Gasteiger partial charge in [-0.25, -0.2) is 0 Å². The zero-order chi connectivity index (χ0) is 19.9. The zero-order valence-corrected chi connectivity index (χ0v) is 17.7. The van der Waals surface area contributed by atoms with Crippen molar-refractivity contribution < 1.29 is 0 Å². The van der Waals surface area contributed by atoms with Crippen LogP contribution in [0.2, 0.25) is 0 Å². The molecule has 0 aliphatic carbocycles. The highest BCUT2D eigenvalue weighted by atomic mass is 32.1. The number of aryl methyl sites for hydroxylation is 2. The molecule has 0 amide bonds. The van der Waals surface area contributed by atoms with Crippen LogP contribution in [0.15, 0.2) is 78.9 Å². The van der Waals surface area contributed by atoms with Crippen molar-refractivity contribution in [2.45, 2.75) is 39.8 Å². The van der Waals surface area contributed by atoms with E-state index in [0.717, 1.165) is 23.8 Å². The maximum absolute atomic E-state index is 5.83. The second-order valence-electron chi connectivity index (χ2n) is 7.18. The van der Waals surface area contributed by atoms with Gasteiger partial charge in [0.25, 0.3) is 0 Å². The van der Waals surface area contributed by atoms with Crippen LogP contribution < -0.4 is 5.32 Å². The fraction of sp³-hybridized carbons (Fsp3) is 0.240. The number of nitrogens with one attached hydrogen (secondary N) is 1. The van der Waals surface area contributed by atoms with Gasteiger partial charge in [-0.2, -0.15) is 0 Å². The summed E-state index contributed by atoms with van der Waals surface area (Å²) < 4.78 is 0. The molecule has 1 atom stereocenters. The number of rotatable bonds is 6. The Labute approximate surface area is 174 Å². The van der Waals surface area contributed by atoms with E-state index in [4.69, 9.17) is 12.2 Å². The minimum absolute atomic E-state index is 0.164. The van der Waals surface area contributed by atoms with Gasteiger partial charge >= 0.3 is 0 Å². The van der Waals surface area contributed by atoms with Crippen LogP contribution in [0, 0.1) is 6.92 Å². The Hall–Kier alpha value is -2.65. The third-order valence-corrected chi connectivity index (χ3v) is 5.43. The Morgan fingerprint density at radius 1 is 0.893 bits per heavy atom. The SMILES string of the molecule is CCc1ccc(NC(=S)N(Cc2ccc(C)cc2)C(C)c2ccccc2)cc1. The molecule has 0 saturated heterocycles. The number of benzene rings is 3. The maximum atomic E-state index is 5.83. The molecule has 3 rings (SSSR count). The minimum Gasteiger partial charge on any atom is -0.338 e. The van der Waals surface area contributed by atoms with Crippen molar-refractivity contribution in [3.63, 3.8) is 0 Å². The van der Waals surface area contributed by atoms with Crippen molar-refractivity contribution in [3.05, 3.63) is 101 Å². The molecule has 3 aromatic carbocycles. The van der Waals surface area contributed by atoms with Gasteiger partial charge in [-0.05, 0) is 61.3 Å². The largest absolute Gasteiger partial charge is 0.338 e. The molecule has 2 nitrogen and oxygen atoms in total. The van der Waals surface area contributed by atoms with E-state index in [2.05, 4.69) is 104 Å². The Kier molecular flexibility index (Phi) is 6.83. The summed E-state index contributed by atoms with van der Waals surface area (Å²) in [5.74, 6) is 0. The molecule has 0 fully saturated rings. The van der Waals surface area contributed by atoms with Crippen LogP contribution >= 0.6 is 12.2 Å². The van der Waals surface area contributed by atoms with Gasteiger partial charge in [-0.1, -0.05) is 79.2 Å². The molecule has 0 heterocycles. The Balaban J connectivity index is 1.83. The highest BCUT2D eigenvalue weighted by Crippen LogP contribution is 2.24. The molecular formula is C25H28N2S. The van der Waals surface area contributed by atoms with E-state index in [0.29, 0.717) is 0 Å². The average molecular weight is 389 g/mol. The first-order valence-corrected chi connectivity index (χ1v) is 10.2. The Bertz CT molecular complexity index is 886. The molecule has 0 radical (unpaired) electrons. The van der Waals surface area contributed by atoms with Crippen LogP contribution in [0.4, 0.5) is 5.69 Å². The standard InChI is InChI=1S/C25H28N2S/c1-4-21-14-16-24(17-15-21)26-25(28)27(18-22-12-10-19(2)11-13-22)20(3)23-8-6-5-7-9-23/h5-17,20H,4,18H2,1-3H3,(H,26,28). The van der Waals surface area contributed by atoms with Gasteiger partial charge in [0.05, 0.1) is 6.04 Å². The summed E-state index contributed by atoms with van der Waals surface area (Å²) in [6, 6.07) is 27.8. The molecule has 1 N–H and O–H groups in total. The van der Waals surface area contributed by atoms with Gasteiger partial charge in [0.1, 0.15) is 0 Å². The molecule has 0 aromatic heterocycles. The van der Waals surface area contributed by atoms with E-state index in [1.54, 1.807) is 0 Å². The van der Waals surface area contributed by atoms with Crippen LogP contribution in [0.1, 0.15) is 42.1 Å². The lowest BCUT2D eigenvalue weighted by Crippen LogP contribution is -2.36. The van der Waals surface area contributed by atoms with E-state index < -0.39 is 0 Å². The summed E-state index contributed by atoms with van der Waals surface area (Å²) in [7, 11) is 0. The van der Waals surface area contributed by atoms with Crippen LogP contribution in [-0.2, 0) is 13.0 Å². The summed E-state index contributed by atoms with van der Waals surface area (Å²) in [5, 5.41) is 4.17. The molecule has 0 saturated carbocycles. The molecule has 1 unspecified atom stereocenters. The maximum Gasteiger partial charge on any atom is 0.174 e. The van der Waals surface area contributed by atoms with Gasteiger partial charge in [-0.3, -0.25) is 0 Å². The van der Waals surface area contributed by atoms with E-state index in [-0.39, 0.29) is 6.04 Å². The first kappa shape index (κ1) is 20.1. The topological polar surface area (TPSA) is 15.3 Å².